The van der Waals surface area contributed by atoms with Gasteiger partial charge in [-0.05, 0) is 30.4 Å². The van der Waals surface area contributed by atoms with E-state index in [1.54, 1.807) is 0 Å². The minimum atomic E-state index is 0.217. The predicted molar refractivity (Wildman–Crippen MR) is 70.3 cm³/mol. The van der Waals surface area contributed by atoms with Gasteiger partial charge in [-0.1, -0.05) is 38.7 Å². The van der Waals surface area contributed by atoms with Crippen molar-refractivity contribution in [2.45, 2.75) is 51.5 Å². The molecule has 0 radical (unpaired) electrons. The van der Waals surface area contributed by atoms with E-state index in [0.717, 1.165) is 24.5 Å². The summed E-state index contributed by atoms with van der Waals surface area (Å²) in [5, 5.41) is 0. The number of hydrogen-bond donors (Lipinski definition) is 2. The van der Waals surface area contributed by atoms with Gasteiger partial charge in [-0.3, -0.25) is 16.3 Å². The van der Waals surface area contributed by atoms with Crippen molar-refractivity contribution in [3.63, 3.8) is 0 Å². The molecule has 1 fully saturated rings. The quantitative estimate of drug-likeness (QED) is 0.607. The second-order valence-corrected chi connectivity index (χ2v) is 5.01. The third-order valence-corrected chi connectivity index (χ3v) is 3.88. The molecular weight excluding hydrogens is 210 g/mol. The lowest BCUT2D eigenvalue weighted by Crippen LogP contribution is -2.30. The average molecular weight is 233 g/mol. The van der Waals surface area contributed by atoms with E-state index in [-0.39, 0.29) is 6.04 Å². The first-order chi connectivity index (χ1) is 8.35. The molecule has 0 amide bonds. The lowest BCUT2D eigenvalue weighted by molar-refractivity contribution is 0.392. The first kappa shape index (κ1) is 12.5. The van der Waals surface area contributed by atoms with Crippen LogP contribution >= 0.6 is 0 Å². The zero-order valence-corrected chi connectivity index (χ0v) is 10.7. The van der Waals surface area contributed by atoms with Gasteiger partial charge in [-0.25, -0.2) is 0 Å². The van der Waals surface area contributed by atoms with Crippen molar-refractivity contribution >= 4 is 0 Å². The first-order valence-corrected chi connectivity index (χ1v) is 6.75. The molecule has 1 aromatic rings. The highest BCUT2D eigenvalue weighted by molar-refractivity contribution is 5.22. The molecule has 2 rings (SSSR count). The van der Waals surface area contributed by atoms with Gasteiger partial charge in [0.25, 0.3) is 0 Å². The Labute approximate surface area is 104 Å². The van der Waals surface area contributed by atoms with Crippen molar-refractivity contribution in [1.29, 1.82) is 0 Å². The molecule has 0 bridgehead atoms. The molecule has 1 unspecified atom stereocenters. The Bertz CT molecular complexity index is 345. The van der Waals surface area contributed by atoms with Crippen LogP contribution in [0.3, 0.4) is 0 Å². The van der Waals surface area contributed by atoms with E-state index in [2.05, 4.69) is 23.4 Å². The zero-order chi connectivity index (χ0) is 12.1. The number of rotatable bonds is 5. The molecule has 17 heavy (non-hydrogen) atoms. The Morgan fingerprint density at radius 3 is 2.88 bits per heavy atom. The summed E-state index contributed by atoms with van der Waals surface area (Å²) in [6.45, 7) is 2.17. The summed E-state index contributed by atoms with van der Waals surface area (Å²) in [7, 11) is 0. The standard InChI is InChI=1S/C14H23N3/c1-2-12-8-5-9-16-14(12)13(17-15)10-11-6-3-4-7-11/h5,8-9,11,13,17H,2-4,6-7,10,15H2,1H3. The number of hydrogen-bond acceptors (Lipinski definition) is 3. The van der Waals surface area contributed by atoms with Crippen LogP contribution in [-0.2, 0) is 6.42 Å². The summed E-state index contributed by atoms with van der Waals surface area (Å²) in [6, 6.07) is 4.38. The molecule has 1 saturated carbocycles. The van der Waals surface area contributed by atoms with Crippen molar-refractivity contribution in [3.05, 3.63) is 29.6 Å². The molecule has 3 heteroatoms. The molecule has 0 aliphatic heterocycles. The Hall–Kier alpha value is -0.930. The predicted octanol–water partition coefficient (Wildman–Crippen LogP) is 2.73. The van der Waals surface area contributed by atoms with Gasteiger partial charge in [-0.15, -0.1) is 0 Å². The monoisotopic (exact) mass is 233 g/mol. The van der Waals surface area contributed by atoms with Gasteiger partial charge in [-0.2, -0.15) is 0 Å². The average Bonchev–Trinajstić information content (AvgIpc) is 2.89. The molecular formula is C14H23N3. The molecule has 1 aliphatic carbocycles. The Kier molecular flexibility index (Phi) is 4.51. The highest BCUT2D eigenvalue weighted by Gasteiger charge is 2.22. The maximum absolute atomic E-state index is 5.72. The fourth-order valence-electron chi connectivity index (χ4n) is 2.90. The Morgan fingerprint density at radius 2 is 2.24 bits per heavy atom. The van der Waals surface area contributed by atoms with Gasteiger partial charge < -0.3 is 0 Å². The van der Waals surface area contributed by atoms with E-state index >= 15 is 0 Å². The molecule has 1 aliphatic rings. The number of hydrazine groups is 1. The van der Waals surface area contributed by atoms with Gasteiger partial charge in [0, 0.05) is 6.20 Å². The molecule has 3 nitrogen and oxygen atoms in total. The molecule has 1 atom stereocenters. The van der Waals surface area contributed by atoms with E-state index in [0.29, 0.717) is 0 Å². The van der Waals surface area contributed by atoms with Gasteiger partial charge in [0.05, 0.1) is 11.7 Å². The van der Waals surface area contributed by atoms with Crippen LogP contribution in [0.25, 0.3) is 0 Å². The van der Waals surface area contributed by atoms with E-state index < -0.39 is 0 Å². The van der Waals surface area contributed by atoms with Crippen LogP contribution in [0.5, 0.6) is 0 Å². The summed E-state index contributed by atoms with van der Waals surface area (Å²) < 4.78 is 0. The summed E-state index contributed by atoms with van der Waals surface area (Å²) in [5.41, 5.74) is 5.41. The zero-order valence-electron chi connectivity index (χ0n) is 10.7. The van der Waals surface area contributed by atoms with Crippen LogP contribution in [-0.4, -0.2) is 4.98 Å². The molecule has 0 saturated heterocycles. The number of nitrogens with two attached hydrogens (primary N) is 1. The van der Waals surface area contributed by atoms with E-state index in [9.17, 15) is 0 Å². The van der Waals surface area contributed by atoms with E-state index in [1.807, 2.05) is 12.3 Å². The minimum absolute atomic E-state index is 0.217. The van der Waals surface area contributed by atoms with Crippen molar-refractivity contribution in [2.24, 2.45) is 11.8 Å². The summed E-state index contributed by atoms with van der Waals surface area (Å²) in [4.78, 5) is 4.52. The van der Waals surface area contributed by atoms with Crippen molar-refractivity contribution < 1.29 is 0 Å². The fraction of sp³-hybridized carbons (Fsp3) is 0.643. The molecule has 3 N–H and O–H groups in total. The van der Waals surface area contributed by atoms with E-state index in [4.69, 9.17) is 5.84 Å². The molecule has 1 heterocycles. The van der Waals surface area contributed by atoms with Crippen molar-refractivity contribution in [2.75, 3.05) is 0 Å². The van der Waals surface area contributed by atoms with Crippen LogP contribution in [0.1, 0.15) is 56.3 Å². The van der Waals surface area contributed by atoms with Crippen LogP contribution in [0.4, 0.5) is 0 Å². The van der Waals surface area contributed by atoms with Crippen LogP contribution < -0.4 is 11.3 Å². The highest BCUT2D eigenvalue weighted by atomic mass is 15.2. The first-order valence-electron chi connectivity index (χ1n) is 6.75. The topological polar surface area (TPSA) is 50.9 Å². The second-order valence-electron chi connectivity index (χ2n) is 5.01. The summed E-state index contributed by atoms with van der Waals surface area (Å²) in [5.74, 6) is 6.54. The Morgan fingerprint density at radius 1 is 1.47 bits per heavy atom. The number of nitrogens with zero attached hydrogens (tertiary/aromatic N) is 1. The molecule has 0 aromatic carbocycles. The van der Waals surface area contributed by atoms with Gasteiger partial charge in [0.1, 0.15) is 0 Å². The number of pyridine rings is 1. The van der Waals surface area contributed by atoms with E-state index in [1.165, 1.54) is 31.2 Å². The largest absolute Gasteiger partial charge is 0.271 e. The number of aryl methyl sites for hydroxylation is 1. The van der Waals surface area contributed by atoms with Gasteiger partial charge in [0.15, 0.2) is 0 Å². The van der Waals surface area contributed by atoms with Crippen LogP contribution in [0, 0.1) is 5.92 Å². The third kappa shape index (κ3) is 3.05. The lowest BCUT2D eigenvalue weighted by Gasteiger charge is -2.21. The number of nitrogens with one attached hydrogen (secondary N) is 1. The lowest BCUT2D eigenvalue weighted by atomic mass is 9.94. The highest BCUT2D eigenvalue weighted by Crippen LogP contribution is 2.32. The maximum atomic E-state index is 5.72. The van der Waals surface area contributed by atoms with Crippen molar-refractivity contribution in [3.8, 4) is 0 Å². The van der Waals surface area contributed by atoms with Crippen LogP contribution in [0.15, 0.2) is 18.3 Å². The van der Waals surface area contributed by atoms with Crippen molar-refractivity contribution in [1.82, 2.24) is 10.4 Å². The summed E-state index contributed by atoms with van der Waals surface area (Å²) in [6.07, 6.45) is 9.48. The molecule has 0 spiro atoms. The van der Waals surface area contributed by atoms with Gasteiger partial charge >= 0.3 is 0 Å². The van der Waals surface area contributed by atoms with Gasteiger partial charge in [0.2, 0.25) is 0 Å². The Balaban J connectivity index is 2.10. The normalized spacial score (nSPS) is 18.5. The maximum Gasteiger partial charge on any atom is 0.0637 e. The summed E-state index contributed by atoms with van der Waals surface area (Å²) >= 11 is 0. The SMILES string of the molecule is CCc1cccnc1C(CC1CCCC1)NN. The smallest absolute Gasteiger partial charge is 0.0637 e. The number of aromatic nitrogens is 1. The molecule has 1 aromatic heterocycles. The van der Waals surface area contributed by atoms with Crippen LogP contribution in [0.2, 0.25) is 0 Å². The minimum Gasteiger partial charge on any atom is -0.271 e. The third-order valence-electron chi connectivity index (χ3n) is 3.88. The fourth-order valence-corrected chi connectivity index (χ4v) is 2.90. The molecule has 94 valence electrons. The second kappa shape index (κ2) is 6.12.